The van der Waals surface area contributed by atoms with E-state index in [2.05, 4.69) is 123 Å². The molecule has 0 aliphatic rings. The summed E-state index contributed by atoms with van der Waals surface area (Å²) >= 11 is 0. The predicted molar refractivity (Wildman–Crippen MR) is 240 cm³/mol. The van der Waals surface area contributed by atoms with Gasteiger partial charge in [-0.2, -0.15) is 0 Å². The van der Waals surface area contributed by atoms with Crippen molar-refractivity contribution in [1.82, 2.24) is 15.0 Å². The van der Waals surface area contributed by atoms with Crippen LogP contribution in [0.4, 0.5) is 0 Å². The molecule has 282 valence electrons. The van der Waals surface area contributed by atoms with E-state index in [0.717, 1.165) is 68.5 Å². The van der Waals surface area contributed by atoms with Crippen molar-refractivity contribution in [1.29, 1.82) is 0 Å². The van der Waals surface area contributed by atoms with Crippen LogP contribution in [0, 0.1) is 0 Å². The number of aryl methyl sites for hydroxylation is 2. The number of aliphatic imine (C=N–C) groups is 2. The first kappa shape index (κ1) is 37.6. The van der Waals surface area contributed by atoms with E-state index in [1.165, 1.54) is 11.1 Å². The van der Waals surface area contributed by atoms with E-state index < -0.39 is 0 Å². The minimum atomic E-state index is 0.444. The van der Waals surface area contributed by atoms with E-state index in [1.54, 1.807) is 0 Å². The molecular weight excluding hydrogens is 709 g/mol. The van der Waals surface area contributed by atoms with Gasteiger partial charge >= 0.3 is 0 Å². The van der Waals surface area contributed by atoms with Gasteiger partial charge in [-0.3, -0.25) is 4.99 Å². The molecule has 7 aromatic carbocycles. The van der Waals surface area contributed by atoms with E-state index in [-0.39, 0.29) is 0 Å². The summed E-state index contributed by atoms with van der Waals surface area (Å²) in [6.45, 7) is 4.75. The summed E-state index contributed by atoms with van der Waals surface area (Å²) in [5.74, 6) is 2.95. The first-order valence-corrected chi connectivity index (χ1v) is 19.8. The predicted octanol–water partition coefficient (Wildman–Crippen LogP) is 11.7. The lowest BCUT2D eigenvalue weighted by Crippen LogP contribution is -2.16. The zero-order valence-electron chi connectivity index (χ0n) is 32.8. The Hall–Kier alpha value is -7.31. The minimum Gasteiger partial charge on any atom is -0.383 e. The van der Waals surface area contributed by atoms with E-state index in [1.807, 2.05) is 72.8 Å². The largest absolute Gasteiger partial charge is 0.383 e. The summed E-state index contributed by atoms with van der Waals surface area (Å²) in [7, 11) is 0. The highest BCUT2D eigenvalue weighted by molar-refractivity contribution is 6.11. The van der Waals surface area contributed by atoms with Crippen molar-refractivity contribution in [2.45, 2.75) is 33.2 Å². The van der Waals surface area contributed by atoms with Gasteiger partial charge in [0.15, 0.2) is 23.3 Å². The fourth-order valence-corrected chi connectivity index (χ4v) is 6.84. The van der Waals surface area contributed by atoms with Crippen LogP contribution < -0.4 is 5.73 Å². The maximum Gasteiger partial charge on any atom is 0.164 e. The third kappa shape index (κ3) is 8.88. The first-order chi connectivity index (χ1) is 28.5. The van der Waals surface area contributed by atoms with Crippen molar-refractivity contribution in [3.63, 3.8) is 0 Å². The van der Waals surface area contributed by atoms with E-state index in [4.69, 9.17) is 30.7 Å². The van der Waals surface area contributed by atoms with E-state index >= 15 is 0 Å². The number of hydrogen-bond donors (Lipinski definition) is 1. The van der Waals surface area contributed by atoms with Gasteiger partial charge < -0.3 is 5.73 Å². The quantitative estimate of drug-likeness (QED) is 0.105. The number of benzene rings is 7. The molecule has 0 unspecified atom stereocenters. The molecule has 8 rings (SSSR count). The van der Waals surface area contributed by atoms with Crippen molar-refractivity contribution in [2.24, 2.45) is 15.7 Å². The summed E-state index contributed by atoms with van der Waals surface area (Å²) < 4.78 is 0. The van der Waals surface area contributed by atoms with Gasteiger partial charge in [-0.25, -0.2) is 19.9 Å². The Balaban J connectivity index is 1.09. The number of amidine groups is 2. The second-order valence-corrected chi connectivity index (χ2v) is 14.1. The average Bonchev–Trinajstić information content (AvgIpc) is 3.31. The van der Waals surface area contributed by atoms with Crippen molar-refractivity contribution < 1.29 is 0 Å². The van der Waals surface area contributed by atoms with Crippen LogP contribution in [-0.2, 0) is 19.4 Å². The minimum absolute atomic E-state index is 0.444. The van der Waals surface area contributed by atoms with Crippen LogP contribution in [0.5, 0.6) is 0 Å². The second-order valence-electron chi connectivity index (χ2n) is 14.1. The molecule has 0 radical (unpaired) electrons. The number of aromatic nitrogens is 3. The molecule has 8 aromatic rings. The molecule has 1 aromatic heterocycles. The zero-order chi connectivity index (χ0) is 39.7. The molecule has 0 saturated heterocycles. The monoisotopic (exact) mass is 752 g/mol. The van der Waals surface area contributed by atoms with Gasteiger partial charge in [-0.05, 0) is 70.0 Å². The van der Waals surface area contributed by atoms with Crippen molar-refractivity contribution in [2.75, 3.05) is 0 Å². The number of nitrogens with two attached hydrogens (primary N) is 1. The summed E-state index contributed by atoms with van der Waals surface area (Å²) in [5, 5.41) is 0. The van der Waals surface area contributed by atoms with E-state index in [0.29, 0.717) is 35.7 Å². The highest BCUT2D eigenvalue weighted by Crippen LogP contribution is 2.31. The molecular formula is C52H44N6. The van der Waals surface area contributed by atoms with Gasteiger partial charge in [0.25, 0.3) is 0 Å². The average molecular weight is 753 g/mol. The fraction of sp³-hybridized carbons (Fsp3) is 0.0962. The van der Waals surface area contributed by atoms with Crippen LogP contribution in [0.1, 0.15) is 41.7 Å². The molecule has 0 spiro atoms. The Morgan fingerprint density at radius 1 is 0.414 bits per heavy atom. The highest BCUT2D eigenvalue weighted by Gasteiger charge is 2.14. The van der Waals surface area contributed by atoms with E-state index in [9.17, 15) is 0 Å². The maximum atomic E-state index is 6.58. The molecule has 6 nitrogen and oxygen atoms in total. The second kappa shape index (κ2) is 17.7. The summed E-state index contributed by atoms with van der Waals surface area (Å²) in [5.41, 5.74) is 19.2. The Morgan fingerprint density at radius 2 is 0.828 bits per heavy atom. The van der Waals surface area contributed by atoms with Gasteiger partial charge in [0.2, 0.25) is 0 Å². The molecule has 58 heavy (non-hydrogen) atoms. The van der Waals surface area contributed by atoms with Crippen LogP contribution in [0.3, 0.4) is 0 Å². The van der Waals surface area contributed by atoms with Gasteiger partial charge in [0.05, 0.1) is 6.54 Å². The number of rotatable bonds is 11. The topological polar surface area (TPSA) is 89.4 Å². The van der Waals surface area contributed by atoms with Crippen molar-refractivity contribution >= 4 is 11.7 Å². The zero-order valence-corrected chi connectivity index (χ0v) is 32.8. The Labute approximate surface area is 340 Å². The molecule has 2 N–H and O–H groups in total. The van der Waals surface area contributed by atoms with Gasteiger partial charge in [-0.1, -0.05) is 178 Å². The SMILES string of the molecule is CCc1ccc(C(N)=NC(=NCc2cccc(-c3cccc(-c4cccc(-c5nc(-c6ccccc6)nc(-c6ccccc6)n5)c4)c3)c2)c2ccc(CC)cc2)cc1. The van der Waals surface area contributed by atoms with Crippen LogP contribution in [0.25, 0.3) is 56.4 Å². The summed E-state index contributed by atoms with van der Waals surface area (Å²) in [4.78, 5) is 24.7. The first-order valence-electron chi connectivity index (χ1n) is 19.8. The smallest absolute Gasteiger partial charge is 0.164 e. The lowest BCUT2D eigenvalue weighted by atomic mass is 9.97. The third-order valence-corrected chi connectivity index (χ3v) is 10.2. The fourth-order valence-electron chi connectivity index (χ4n) is 6.84. The lowest BCUT2D eigenvalue weighted by molar-refractivity contribution is 1.06. The molecule has 6 heteroatoms. The van der Waals surface area contributed by atoms with Gasteiger partial charge in [0, 0.05) is 27.8 Å². The van der Waals surface area contributed by atoms with Crippen LogP contribution in [0.2, 0.25) is 0 Å². The molecule has 1 heterocycles. The molecule has 0 aliphatic carbocycles. The highest BCUT2D eigenvalue weighted by atomic mass is 15.0. The normalized spacial score (nSPS) is 11.8. The molecule has 0 fully saturated rings. The van der Waals surface area contributed by atoms with Crippen LogP contribution in [0.15, 0.2) is 192 Å². The third-order valence-electron chi connectivity index (χ3n) is 10.2. The Kier molecular flexibility index (Phi) is 11.4. The summed E-state index contributed by atoms with van der Waals surface area (Å²) in [6.07, 6.45) is 1.93. The Bertz CT molecular complexity index is 2640. The molecule has 0 atom stereocenters. The van der Waals surface area contributed by atoms with Crippen molar-refractivity contribution in [3.8, 4) is 56.4 Å². The molecule has 0 saturated carbocycles. The van der Waals surface area contributed by atoms with Crippen molar-refractivity contribution in [3.05, 3.63) is 210 Å². The van der Waals surface area contributed by atoms with Crippen LogP contribution in [-0.4, -0.2) is 26.6 Å². The summed E-state index contributed by atoms with van der Waals surface area (Å²) in [6, 6.07) is 62.3. The number of nitrogens with zero attached hydrogens (tertiary/aromatic N) is 5. The Morgan fingerprint density at radius 3 is 1.34 bits per heavy atom. The lowest BCUT2D eigenvalue weighted by Gasteiger charge is -2.11. The van der Waals surface area contributed by atoms with Gasteiger partial charge in [-0.15, -0.1) is 0 Å². The maximum absolute atomic E-state index is 6.58. The number of hydrogen-bond acceptors (Lipinski definition) is 4. The molecule has 0 bridgehead atoms. The van der Waals surface area contributed by atoms with Gasteiger partial charge in [0.1, 0.15) is 5.84 Å². The van der Waals surface area contributed by atoms with Crippen LogP contribution >= 0.6 is 0 Å². The standard InChI is InChI=1S/C52H44N6/c1-3-36-24-28-39(29-25-36)48(53)55-49(42-30-26-37(4-2)27-31-42)54-35-38-14-11-19-43(32-38)44-20-12-21-45(33-44)46-22-13-23-47(34-46)52-57-50(40-15-7-5-8-16-40)56-51(58-52)41-17-9-6-10-18-41/h5-34H,3-4,35H2,1-2H3,(H2,53,54,55). The molecule has 0 amide bonds. The molecule has 0 aliphatic heterocycles.